The van der Waals surface area contributed by atoms with E-state index in [9.17, 15) is 29.4 Å². The highest BCUT2D eigenvalue weighted by Gasteiger charge is 2.22. The molecule has 0 atom stereocenters. The van der Waals surface area contributed by atoms with Crippen LogP contribution < -0.4 is 10.9 Å². The van der Waals surface area contributed by atoms with Crippen LogP contribution in [0.3, 0.4) is 0 Å². The number of carbonyl (C=O) groups is 2. The number of aromatic hydroxyl groups is 2. The van der Waals surface area contributed by atoms with Gasteiger partial charge in [0.1, 0.15) is 33.8 Å². The summed E-state index contributed by atoms with van der Waals surface area (Å²) in [5.74, 6) is -0.944. The van der Waals surface area contributed by atoms with Crippen LogP contribution in [0.1, 0.15) is 31.8 Å². The Morgan fingerprint density at radius 1 is 0.353 bits per heavy atom. The maximum atomic E-state index is 13.4. The maximum absolute atomic E-state index is 13.4. The normalized spacial score (nSPS) is 11.3. The average Bonchev–Trinajstić information content (AvgIpc) is 3.38. The molecule has 0 aliphatic carbocycles. The number of fused-ring (bicyclic) bond motifs is 6. The second-order valence-corrected chi connectivity index (χ2v) is 16.5. The lowest BCUT2D eigenvalue weighted by atomic mass is 9.93. The zero-order valence-corrected chi connectivity index (χ0v) is 36.0. The van der Waals surface area contributed by atoms with Crippen molar-refractivity contribution in [3.63, 3.8) is 0 Å². The highest BCUT2D eigenvalue weighted by atomic mass is 16.3. The molecule has 0 radical (unpaired) electrons. The quantitative estimate of drug-likeness (QED) is 0.124. The first-order chi connectivity index (χ1) is 33.2. The summed E-state index contributed by atoms with van der Waals surface area (Å²) in [5, 5.41) is 26.3. The van der Waals surface area contributed by atoms with Gasteiger partial charge in [-0.25, -0.2) is 0 Å². The van der Waals surface area contributed by atoms with E-state index in [1.807, 2.05) is 97.1 Å². The molecule has 8 nitrogen and oxygen atoms in total. The summed E-state index contributed by atoms with van der Waals surface area (Å²) in [6, 6.07) is 61.5. The Hall–Kier alpha value is -9.40. The number of phenolic OH excluding ortho intramolecular Hbond substituents is 2. The molecule has 2 N–H and O–H groups in total. The van der Waals surface area contributed by atoms with Crippen LogP contribution >= 0.6 is 0 Å². The number of hydrogen-bond donors (Lipinski definition) is 2. The van der Waals surface area contributed by atoms with Crippen LogP contribution in [0.4, 0.5) is 0 Å². The van der Waals surface area contributed by atoms with Crippen LogP contribution in [0, 0.1) is 0 Å². The molecular formula is C60H36O8. The fourth-order valence-electron chi connectivity index (χ4n) is 8.86. The summed E-state index contributed by atoms with van der Waals surface area (Å²) < 4.78 is 12.5. The first-order valence-electron chi connectivity index (χ1n) is 21.8. The lowest BCUT2D eigenvalue weighted by Crippen LogP contribution is -2.07. The first-order valence-corrected chi connectivity index (χ1v) is 21.8. The number of benzene rings is 10. The largest absolute Gasteiger partial charge is 0.507 e. The van der Waals surface area contributed by atoms with Crippen molar-refractivity contribution in [2.45, 2.75) is 0 Å². The topological polar surface area (TPSA) is 135 Å². The second-order valence-electron chi connectivity index (χ2n) is 16.5. The van der Waals surface area contributed by atoms with Crippen molar-refractivity contribution in [2.75, 3.05) is 0 Å². The summed E-state index contributed by atoms with van der Waals surface area (Å²) >= 11 is 0. The molecule has 10 aromatic carbocycles. The zero-order chi connectivity index (χ0) is 46.5. The molecule has 12 rings (SSSR count). The minimum atomic E-state index is -0.366. The van der Waals surface area contributed by atoms with Gasteiger partial charge in [-0.1, -0.05) is 121 Å². The van der Waals surface area contributed by atoms with Crippen LogP contribution in [-0.2, 0) is 0 Å². The van der Waals surface area contributed by atoms with Crippen LogP contribution in [0.5, 0.6) is 11.5 Å². The van der Waals surface area contributed by atoms with Crippen molar-refractivity contribution in [3.05, 3.63) is 249 Å². The molecule has 2 aromatic heterocycles. The third-order valence-corrected chi connectivity index (χ3v) is 12.3. The summed E-state index contributed by atoms with van der Waals surface area (Å²) in [5.41, 5.74) is 5.33. The number of para-hydroxylation sites is 4. The molecule has 0 aliphatic heterocycles. The van der Waals surface area contributed by atoms with Crippen LogP contribution in [0.2, 0.25) is 0 Å². The fourth-order valence-corrected chi connectivity index (χ4v) is 8.86. The van der Waals surface area contributed by atoms with Gasteiger partial charge in [-0.05, 0) is 118 Å². The molecule has 68 heavy (non-hydrogen) atoms. The predicted octanol–water partition coefficient (Wildman–Crippen LogP) is 13.4. The Labute approximate surface area is 386 Å². The van der Waals surface area contributed by atoms with Crippen molar-refractivity contribution < 1.29 is 28.6 Å². The van der Waals surface area contributed by atoms with Gasteiger partial charge in [-0.15, -0.1) is 0 Å². The van der Waals surface area contributed by atoms with E-state index in [1.54, 1.807) is 97.1 Å². The number of phenols is 2. The van der Waals surface area contributed by atoms with Crippen LogP contribution in [0.25, 0.3) is 87.7 Å². The smallest absolute Gasteiger partial charge is 0.200 e. The van der Waals surface area contributed by atoms with Crippen molar-refractivity contribution >= 4 is 77.0 Å². The van der Waals surface area contributed by atoms with Gasteiger partial charge in [0.25, 0.3) is 0 Å². The molecule has 0 amide bonds. The standard InChI is InChI=1S/2C30H18O4/c2*31-26-11-5-3-9-22(26)28(32)21-16-24(20-14-13-18-7-1-2-8-19(18)15-20)30-25(17-21)29(33)23-10-4-6-12-27(23)34-30/h2*1-17,31H. The monoisotopic (exact) mass is 884 g/mol. The van der Waals surface area contributed by atoms with Gasteiger partial charge >= 0.3 is 0 Å². The molecule has 8 heteroatoms. The molecule has 0 bridgehead atoms. The van der Waals surface area contributed by atoms with Crippen molar-refractivity contribution in [3.8, 4) is 33.8 Å². The van der Waals surface area contributed by atoms with E-state index in [4.69, 9.17) is 8.83 Å². The highest BCUT2D eigenvalue weighted by Crippen LogP contribution is 2.36. The molecule has 0 unspecified atom stereocenters. The van der Waals surface area contributed by atoms with Gasteiger partial charge in [0, 0.05) is 22.3 Å². The number of carbonyl (C=O) groups excluding carboxylic acids is 2. The Bertz CT molecular complexity index is 3890. The highest BCUT2D eigenvalue weighted by molar-refractivity contribution is 6.15. The SMILES string of the molecule is O=C(c1cc(-c2ccc3ccccc3c2)c2oc3ccccc3c(=O)c2c1)c1ccccc1O.O=C(c1cc(-c2ccc3ccccc3c2)c2oc3ccccc3c(=O)c2c1)c1ccccc1O. The summed E-state index contributed by atoms with van der Waals surface area (Å²) in [6.45, 7) is 0. The lowest BCUT2D eigenvalue weighted by molar-refractivity contribution is 0.102. The van der Waals surface area contributed by atoms with Gasteiger partial charge < -0.3 is 19.0 Å². The van der Waals surface area contributed by atoms with E-state index in [0.29, 0.717) is 66.1 Å². The first kappa shape index (κ1) is 41.3. The van der Waals surface area contributed by atoms with Gasteiger partial charge in [-0.2, -0.15) is 0 Å². The molecule has 0 saturated carbocycles. The summed E-state index contributed by atoms with van der Waals surface area (Å²) in [7, 11) is 0. The number of hydrogen-bond acceptors (Lipinski definition) is 8. The summed E-state index contributed by atoms with van der Waals surface area (Å²) in [6.07, 6.45) is 0. The van der Waals surface area contributed by atoms with Crippen LogP contribution in [0.15, 0.2) is 225 Å². The van der Waals surface area contributed by atoms with Gasteiger partial charge in [0.05, 0.1) is 32.7 Å². The van der Waals surface area contributed by atoms with Crippen LogP contribution in [-0.4, -0.2) is 21.8 Å². The fraction of sp³-hybridized carbons (Fsp3) is 0. The maximum Gasteiger partial charge on any atom is 0.200 e. The van der Waals surface area contributed by atoms with Crippen molar-refractivity contribution in [1.29, 1.82) is 0 Å². The van der Waals surface area contributed by atoms with E-state index in [2.05, 4.69) is 0 Å². The molecule has 0 spiro atoms. The molecule has 0 fully saturated rings. The van der Waals surface area contributed by atoms with Gasteiger partial charge in [0.15, 0.2) is 11.6 Å². The molecule has 12 aromatic rings. The Balaban J connectivity index is 0.000000149. The van der Waals surface area contributed by atoms with Gasteiger partial charge in [0.2, 0.25) is 10.9 Å². The lowest BCUT2D eigenvalue weighted by Gasteiger charge is -2.12. The molecule has 0 saturated heterocycles. The second kappa shape index (κ2) is 16.9. The average molecular weight is 885 g/mol. The summed E-state index contributed by atoms with van der Waals surface area (Å²) in [4.78, 5) is 53.7. The minimum absolute atomic E-state index is 0.106. The Morgan fingerprint density at radius 2 is 0.721 bits per heavy atom. The third-order valence-electron chi connectivity index (χ3n) is 12.3. The minimum Gasteiger partial charge on any atom is -0.507 e. The van der Waals surface area contributed by atoms with Crippen molar-refractivity contribution in [1.82, 2.24) is 0 Å². The van der Waals surface area contributed by atoms with Gasteiger partial charge in [-0.3, -0.25) is 19.2 Å². The van der Waals surface area contributed by atoms with Crippen molar-refractivity contribution in [2.24, 2.45) is 0 Å². The van der Waals surface area contributed by atoms with E-state index < -0.39 is 0 Å². The molecule has 2 heterocycles. The molecule has 324 valence electrons. The van der Waals surface area contributed by atoms with E-state index in [0.717, 1.165) is 32.7 Å². The predicted molar refractivity (Wildman–Crippen MR) is 269 cm³/mol. The third kappa shape index (κ3) is 7.32. The van der Waals surface area contributed by atoms with E-state index >= 15 is 0 Å². The Morgan fingerprint density at radius 3 is 1.15 bits per heavy atom. The Kier molecular flexibility index (Phi) is 10.2. The zero-order valence-electron chi connectivity index (χ0n) is 36.0. The number of ketones is 2. The molecule has 0 aliphatic rings. The molecular weight excluding hydrogens is 849 g/mol. The van der Waals surface area contributed by atoms with E-state index in [1.165, 1.54) is 12.1 Å². The van der Waals surface area contributed by atoms with E-state index in [-0.39, 0.29) is 45.0 Å². The number of rotatable bonds is 6.